The molecule has 5 aliphatic rings. The van der Waals surface area contributed by atoms with Gasteiger partial charge in [0.15, 0.2) is 0 Å². The van der Waals surface area contributed by atoms with Crippen molar-refractivity contribution in [1.29, 1.82) is 0 Å². The lowest BCUT2D eigenvalue weighted by Crippen LogP contribution is -2.64. The molecule has 3 nitrogen and oxygen atoms in total. The van der Waals surface area contributed by atoms with Gasteiger partial charge in [0.1, 0.15) is 0 Å². The molecule has 4 fully saturated rings. The van der Waals surface area contributed by atoms with E-state index in [9.17, 15) is 9.90 Å². The summed E-state index contributed by atoms with van der Waals surface area (Å²) in [7, 11) is 0. The minimum Gasteiger partial charge on any atom is -0.465 e. The van der Waals surface area contributed by atoms with Gasteiger partial charge in [-0.1, -0.05) is 60.1 Å². The van der Waals surface area contributed by atoms with Gasteiger partial charge in [0, 0.05) is 12.3 Å². The van der Waals surface area contributed by atoms with Crippen LogP contribution in [0.5, 0.6) is 0 Å². The fourth-order valence-corrected chi connectivity index (χ4v) is 10.8. The van der Waals surface area contributed by atoms with E-state index >= 15 is 0 Å². The number of ether oxygens (including phenoxy) is 1. The van der Waals surface area contributed by atoms with Crippen molar-refractivity contribution in [3.05, 3.63) is 11.6 Å². The van der Waals surface area contributed by atoms with Crippen LogP contribution in [0.15, 0.2) is 11.6 Å². The Balaban J connectivity index is 1.56. The van der Waals surface area contributed by atoms with Crippen molar-refractivity contribution >= 4 is 5.97 Å². The van der Waals surface area contributed by atoms with Crippen LogP contribution in [-0.4, -0.2) is 23.8 Å². The predicted molar refractivity (Wildman–Crippen MR) is 142 cm³/mol. The highest BCUT2D eigenvalue weighted by Gasteiger charge is 2.68. The van der Waals surface area contributed by atoms with Gasteiger partial charge < -0.3 is 9.84 Å². The Bertz CT molecular complexity index is 916. The van der Waals surface area contributed by atoms with E-state index in [-0.39, 0.29) is 33.7 Å². The topological polar surface area (TPSA) is 46.5 Å². The van der Waals surface area contributed by atoms with Crippen LogP contribution >= 0.6 is 0 Å². The number of aliphatic hydroxyl groups excluding tert-OH is 1. The van der Waals surface area contributed by atoms with E-state index in [0.717, 1.165) is 12.8 Å². The van der Waals surface area contributed by atoms with Gasteiger partial charge in [-0.05, 0) is 109 Å². The standard InChI is InChI=1S/C32H52O3/c1-21(33)35-20-32-17-15-27(2,3)19-23(32)22-9-10-25-29(6)13-12-26(34)28(4,5)24(29)11-14-31(25,8)30(22,7)16-18-32/h9,23-26,34H,10-20H2,1-8H3. The molecular formula is C32H52O3. The second-order valence-electron chi connectivity index (χ2n) is 15.7. The summed E-state index contributed by atoms with van der Waals surface area (Å²) in [5.41, 5.74) is 2.97. The molecule has 0 radical (unpaired) electrons. The second-order valence-corrected chi connectivity index (χ2v) is 15.7. The third-order valence-corrected chi connectivity index (χ3v) is 13.4. The summed E-state index contributed by atoms with van der Waals surface area (Å²) in [5.74, 6) is 1.66. The molecule has 1 N–H and O–H groups in total. The minimum absolute atomic E-state index is 0.00162. The zero-order valence-corrected chi connectivity index (χ0v) is 23.9. The molecule has 0 saturated heterocycles. The van der Waals surface area contributed by atoms with Crippen LogP contribution in [-0.2, 0) is 9.53 Å². The molecule has 0 heterocycles. The molecule has 5 aliphatic carbocycles. The average molecular weight is 485 g/mol. The van der Waals surface area contributed by atoms with Crippen molar-refractivity contribution in [1.82, 2.24) is 0 Å². The van der Waals surface area contributed by atoms with Crippen molar-refractivity contribution in [2.24, 2.45) is 50.2 Å². The Hall–Kier alpha value is -0.830. The van der Waals surface area contributed by atoms with E-state index in [1.54, 1.807) is 12.5 Å². The first-order valence-corrected chi connectivity index (χ1v) is 14.6. The molecule has 0 spiro atoms. The van der Waals surface area contributed by atoms with Gasteiger partial charge in [-0.3, -0.25) is 4.79 Å². The lowest BCUT2D eigenvalue weighted by atomic mass is 9.33. The quantitative estimate of drug-likeness (QED) is 0.322. The van der Waals surface area contributed by atoms with Gasteiger partial charge in [-0.25, -0.2) is 0 Å². The van der Waals surface area contributed by atoms with Crippen LogP contribution in [0.3, 0.4) is 0 Å². The van der Waals surface area contributed by atoms with Crippen molar-refractivity contribution in [3.8, 4) is 0 Å². The Morgan fingerprint density at radius 2 is 1.63 bits per heavy atom. The number of allylic oxidation sites excluding steroid dienone is 2. The molecule has 8 unspecified atom stereocenters. The highest BCUT2D eigenvalue weighted by atomic mass is 16.5. The molecule has 0 aromatic carbocycles. The number of esters is 1. The largest absolute Gasteiger partial charge is 0.465 e. The van der Waals surface area contributed by atoms with Gasteiger partial charge in [-0.15, -0.1) is 0 Å². The molecule has 4 saturated carbocycles. The zero-order valence-electron chi connectivity index (χ0n) is 23.9. The lowest BCUT2D eigenvalue weighted by Gasteiger charge is -2.71. The SMILES string of the molecule is CC(=O)OCC12CCC(C)(C)CC1C1=CCC3C4(C)CCC(O)C(C)(C)C4CCC3(C)C1(C)CC2. The van der Waals surface area contributed by atoms with Crippen molar-refractivity contribution in [3.63, 3.8) is 0 Å². The summed E-state index contributed by atoms with van der Waals surface area (Å²) in [6, 6.07) is 0. The molecular weight excluding hydrogens is 432 g/mol. The second kappa shape index (κ2) is 7.84. The third-order valence-electron chi connectivity index (χ3n) is 13.4. The van der Waals surface area contributed by atoms with Gasteiger partial charge >= 0.3 is 5.97 Å². The Labute approximate surface area is 214 Å². The van der Waals surface area contributed by atoms with E-state index in [0.29, 0.717) is 35.2 Å². The zero-order chi connectivity index (χ0) is 25.7. The maximum absolute atomic E-state index is 11.9. The van der Waals surface area contributed by atoms with E-state index < -0.39 is 0 Å². The van der Waals surface area contributed by atoms with E-state index in [4.69, 9.17) is 4.74 Å². The maximum atomic E-state index is 11.9. The van der Waals surface area contributed by atoms with Gasteiger partial charge in [-0.2, -0.15) is 0 Å². The van der Waals surface area contributed by atoms with E-state index in [1.807, 2.05) is 0 Å². The summed E-state index contributed by atoms with van der Waals surface area (Å²) < 4.78 is 5.78. The molecule has 3 heteroatoms. The summed E-state index contributed by atoms with van der Waals surface area (Å²) in [5, 5.41) is 10.9. The van der Waals surface area contributed by atoms with E-state index in [1.165, 1.54) is 51.4 Å². The molecule has 0 bridgehead atoms. The Morgan fingerprint density at radius 1 is 0.943 bits per heavy atom. The lowest BCUT2D eigenvalue weighted by molar-refractivity contribution is -0.205. The molecule has 198 valence electrons. The Kier molecular flexibility index (Phi) is 5.78. The number of rotatable bonds is 2. The number of aliphatic hydroxyl groups is 1. The van der Waals surface area contributed by atoms with Gasteiger partial charge in [0.05, 0.1) is 12.7 Å². The first kappa shape index (κ1) is 25.8. The van der Waals surface area contributed by atoms with Crippen LogP contribution in [0.4, 0.5) is 0 Å². The minimum atomic E-state index is -0.170. The first-order valence-electron chi connectivity index (χ1n) is 14.6. The van der Waals surface area contributed by atoms with Crippen molar-refractivity contribution in [2.45, 2.75) is 126 Å². The fourth-order valence-electron chi connectivity index (χ4n) is 10.8. The number of hydrogen-bond acceptors (Lipinski definition) is 3. The number of carbonyl (C=O) groups is 1. The van der Waals surface area contributed by atoms with Crippen molar-refractivity contribution < 1.29 is 14.6 Å². The van der Waals surface area contributed by atoms with Crippen LogP contribution < -0.4 is 0 Å². The molecule has 0 aromatic heterocycles. The number of fused-ring (bicyclic) bond motifs is 7. The number of hydrogen-bond donors (Lipinski definition) is 1. The molecule has 35 heavy (non-hydrogen) atoms. The van der Waals surface area contributed by atoms with Crippen molar-refractivity contribution in [2.75, 3.05) is 6.61 Å². The highest BCUT2D eigenvalue weighted by molar-refractivity contribution is 5.66. The smallest absolute Gasteiger partial charge is 0.302 e. The number of carbonyl (C=O) groups excluding carboxylic acids is 1. The monoisotopic (exact) mass is 484 g/mol. The van der Waals surface area contributed by atoms with Crippen LogP contribution in [0.2, 0.25) is 0 Å². The molecule has 8 atom stereocenters. The van der Waals surface area contributed by atoms with Gasteiger partial charge in [0.2, 0.25) is 0 Å². The molecule has 0 aliphatic heterocycles. The van der Waals surface area contributed by atoms with Crippen LogP contribution in [0.25, 0.3) is 0 Å². The third kappa shape index (κ3) is 3.48. The average Bonchev–Trinajstić information content (AvgIpc) is 2.76. The molecule has 5 rings (SSSR count). The van der Waals surface area contributed by atoms with Crippen LogP contribution in [0.1, 0.15) is 120 Å². The molecule has 0 amide bonds. The predicted octanol–water partition coefficient (Wildman–Crippen LogP) is 7.71. The first-order chi connectivity index (χ1) is 16.1. The normalized spacial score (nSPS) is 50.0. The van der Waals surface area contributed by atoms with Crippen LogP contribution in [0, 0.1) is 50.2 Å². The summed E-state index contributed by atoms with van der Waals surface area (Å²) in [4.78, 5) is 11.9. The summed E-state index contributed by atoms with van der Waals surface area (Å²) in [6.07, 6.45) is 14.4. The molecule has 0 aromatic rings. The maximum Gasteiger partial charge on any atom is 0.302 e. The summed E-state index contributed by atoms with van der Waals surface area (Å²) >= 11 is 0. The summed E-state index contributed by atoms with van der Waals surface area (Å²) in [6.45, 7) is 19.6. The van der Waals surface area contributed by atoms with Gasteiger partial charge in [0.25, 0.3) is 0 Å². The fraction of sp³-hybridized carbons (Fsp3) is 0.906. The van der Waals surface area contributed by atoms with E-state index in [2.05, 4.69) is 54.5 Å². The Morgan fingerprint density at radius 3 is 2.31 bits per heavy atom. The highest BCUT2D eigenvalue weighted by Crippen LogP contribution is 2.75.